The molecular formula is C23H26N2O3. The number of carbonyl (C=O) groups excluding carboxylic acids is 1. The Kier molecular flexibility index (Phi) is 6.16. The highest BCUT2D eigenvalue weighted by Gasteiger charge is 2.19. The Hall–Kier alpha value is -3.05. The number of carbonyl (C=O) groups is 1. The molecule has 0 aliphatic rings. The number of amides is 1. The van der Waals surface area contributed by atoms with Gasteiger partial charge in [0.25, 0.3) is 0 Å². The van der Waals surface area contributed by atoms with Crippen molar-refractivity contribution >= 4 is 22.4 Å². The van der Waals surface area contributed by atoms with Gasteiger partial charge < -0.3 is 14.8 Å². The van der Waals surface area contributed by atoms with Crippen LogP contribution in [0.1, 0.15) is 25.5 Å². The molecule has 146 valence electrons. The molecule has 0 saturated heterocycles. The van der Waals surface area contributed by atoms with Crippen molar-refractivity contribution in [3.63, 3.8) is 0 Å². The van der Waals surface area contributed by atoms with Crippen molar-refractivity contribution in [1.82, 2.24) is 5.32 Å². The highest BCUT2D eigenvalue weighted by molar-refractivity contribution is 6.03. The third kappa shape index (κ3) is 4.26. The summed E-state index contributed by atoms with van der Waals surface area (Å²) >= 11 is 0. The molecule has 28 heavy (non-hydrogen) atoms. The third-order valence-electron chi connectivity index (χ3n) is 4.84. The van der Waals surface area contributed by atoms with Gasteiger partial charge in [0.15, 0.2) is 0 Å². The molecule has 3 aromatic rings. The quantitative estimate of drug-likeness (QED) is 0.634. The van der Waals surface area contributed by atoms with Gasteiger partial charge in [0.05, 0.1) is 20.3 Å². The topological polar surface area (TPSA) is 59.6 Å². The van der Waals surface area contributed by atoms with E-state index in [4.69, 9.17) is 9.47 Å². The van der Waals surface area contributed by atoms with E-state index < -0.39 is 6.04 Å². The first-order valence-corrected chi connectivity index (χ1v) is 9.30. The number of hydrogen-bond donors (Lipinski definition) is 2. The molecule has 0 aliphatic heterocycles. The van der Waals surface area contributed by atoms with Crippen molar-refractivity contribution in [1.29, 1.82) is 0 Å². The first kappa shape index (κ1) is 19.7. The minimum absolute atomic E-state index is 0.0925. The fraction of sp³-hybridized carbons (Fsp3) is 0.261. The predicted octanol–water partition coefficient (Wildman–Crippen LogP) is 4.53. The second kappa shape index (κ2) is 8.76. The van der Waals surface area contributed by atoms with Gasteiger partial charge in [-0.1, -0.05) is 36.4 Å². The van der Waals surface area contributed by atoms with Crippen molar-refractivity contribution in [3.05, 3.63) is 66.2 Å². The zero-order valence-corrected chi connectivity index (χ0v) is 16.7. The van der Waals surface area contributed by atoms with E-state index in [1.807, 2.05) is 74.5 Å². The Balaban J connectivity index is 1.73. The molecule has 2 atom stereocenters. The second-order valence-electron chi connectivity index (χ2n) is 6.73. The predicted molar refractivity (Wildman–Crippen MR) is 113 cm³/mol. The lowest BCUT2D eigenvalue weighted by Crippen LogP contribution is -2.39. The smallest absolute Gasteiger partial charge is 0.241 e. The lowest BCUT2D eigenvalue weighted by atomic mass is 10.1. The molecule has 0 fully saturated rings. The molecule has 1 amide bonds. The number of methoxy groups -OCH3 is 2. The summed E-state index contributed by atoms with van der Waals surface area (Å²) < 4.78 is 10.8. The van der Waals surface area contributed by atoms with Crippen LogP contribution in [0, 0.1) is 0 Å². The minimum atomic E-state index is -0.398. The molecule has 0 spiro atoms. The normalized spacial score (nSPS) is 13.0. The highest BCUT2D eigenvalue weighted by atomic mass is 16.5. The number of anilines is 1. The number of ether oxygens (including phenoxy) is 2. The number of hydrogen-bond acceptors (Lipinski definition) is 4. The molecule has 0 saturated carbocycles. The molecular weight excluding hydrogens is 352 g/mol. The van der Waals surface area contributed by atoms with E-state index in [1.165, 1.54) is 0 Å². The van der Waals surface area contributed by atoms with Gasteiger partial charge in [-0.05, 0) is 43.5 Å². The Morgan fingerprint density at radius 3 is 2.43 bits per heavy atom. The molecule has 0 aliphatic carbocycles. The molecule has 2 unspecified atom stereocenters. The van der Waals surface area contributed by atoms with Gasteiger partial charge >= 0.3 is 0 Å². The summed E-state index contributed by atoms with van der Waals surface area (Å²) in [5.41, 5.74) is 1.75. The Labute approximate surface area is 165 Å². The van der Waals surface area contributed by atoms with Crippen LogP contribution in [-0.4, -0.2) is 26.2 Å². The summed E-state index contributed by atoms with van der Waals surface area (Å²) in [6, 6.07) is 19.0. The molecule has 3 rings (SSSR count). The molecule has 5 heteroatoms. The lowest BCUT2D eigenvalue weighted by molar-refractivity contribution is -0.117. The van der Waals surface area contributed by atoms with E-state index in [0.717, 1.165) is 33.5 Å². The monoisotopic (exact) mass is 378 g/mol. The molecule has 0 aromatic heterocycles. The third-order valence-corrected chi connectivity index (χ3v) is 4.84. The van der Waals surface area contributed by atoms with Crippen molar-refractivity contribution in [2.45, 2.75) is 25.9 Å². The van der Waals surface area contributed by atoms with Crippen molar-refractivity contribution in [2.75, 3.05) is 19.5 Å². The van der Waals surface area contributed by atoms with Crippen LogP contribution in [0.5, 0.6) is 11.5 Å². The van der Waals surface area contributed by atoms with Crippen molar-refractivity contribution in [2.24, 2.45) is 0 Å². The second-order valence-corrected chi connectivity index (χ2v) is 6.73. The van der Waals surface area contributed by atoms with Crippen LogP contribution in [0.25, 0.3) is 10.8 Å². The Morgan fingerprint density at radius 2 is 1.68 bits per heavy atom. The molecule has 3 aromatic carbocycles. The fourth-order valence-corrected chi connectivity index (χ4v) is 3.29. The average molecular weight is 378 g/mol. The summed E-state index contributed by atoms with van der Waals surface area (Å²) in [4.78, 5) is 12.8. The lowest BCUT2D eigenvalue weighted by Gasteiger charge is -2.22. The van der Waals surface area contributed by atoms with Gasteiger partial charge in [0.2, 0.25) is 5.91 Å². The van der Waals surface area contributed by atoms with E-state index in [1.54, 1.807) is 14.2 Å². The maximum Gasteiger partial charge on any atom is 0.241 e. The fourth-order valence-electron chi connectivity index (χ4n) is 3.29. The summed E-state index contributed by atoms with van der Waals surface area (Å²) in [6.07, 6.45) is 0. The van der Waals surface area contributed by atoms with Crippen LogP contribution >= 0.6 is 0 Å². The Morgan fingerprint density at radius 1 is 0.929 bits per heavy atom. The average Bonchev–Trinajstić information content (AvgIpc) is 2.73. The van der Waals surface area contributed by atoms with Crippen LogP contribution in [0.4, 0.5) is 5.69 Å². The molecule has 2 N–H and O–H groups in total. The van der Waals surface area contributed by atoms with Gasteiger partial charge in [0, 0.05) is 22.7 Å². The summed E-state index contributed by atoms with van der Waals surface area (Å²) in [7, 11) is 3.26. The van der Waals surface area contributed by atoms with Gasteiger partial charge in [-0.15, -0.1) is 0 Å². The summed E-state index contributed by atoms with van der Waals surface area (Å²) in [5.74, 6) is 1.41. The van der Waals surface area contributed by atoms with Crippen LogP contribution in [0.2, 0.25) is 0 Å². The first-order chi connectivity index (χ1) is 13.5. The standard InChI is InChI=1S/C23H26N2O3/c1-15(20-14-18(27-3)12-13-22(20)28-4)24-16(2)23(26)25-21-11-7-9-17-8-5-6-10-19(17)21/h5-16,24H,1-4H3,(H,25,26). The molecule has 5 nitrogen and oxygen atoms in total. The van der Waals surface area contributed by atoms with Crippen molar-refractivity contribution in [3.8, 4) is 11.5 Å². The first-order valence-electron chi connectivity index (χ1n) is 9.30. The van der Waals surface area contributed by atoms with E-state index >= 15 is 0 Å². The van der Waals surface area contributed by atoms with Gasteiger partial charge in [0.1, 0.15) is 11.5 Å². The van der Waals surface area contributed by atoms with E-state index in [2.05, 4.69) is 10.6 Å². The number of nitrogens with one attached hydrogen (secondary N) is 2. The largest absolute Gasteiger partial charge is 0.497 e. The van der Waals surface area contributed by atoms with Gasteiger partial charge in [-0.3, -0.25) is 10.1 Å². The minimum Gasteiger partial charge on any atom is -0.497 e. The van der Waals surface area contributed by atoms with E-state index in [-0.39, 0.29) is 11.9 Å². The van der Waals surface area contributed by atoms with Crippen molar-refractivity contribution < 1.29 is 14.3 Å². The van der Waals surface area contributed by atoms with Crippen LogP contribution in [0.15, 0.2) is 60.7 Å². The van der Waals surface area contributed by atoms with E-state index in [9.17, 15) is 4.79 Å². The van der Waals surface area contributed by atoms with Crippen LogP contribution in [0.3, 0.4) is 0 Å². The zero-order chi connectivity index (χ0) is 20.1. The molecule has 0 radical (unpaired) electrons. The number of benzene rings is 3. The molecule has 0 bridgehead atoms. The van der Waals surface area contributed by atoms with E-state index in [0.29, 0.717) is 0 Å². The maximum absolute atomic E-state index is 12.8. The number of fused-ring (bicyclic) bond motifs is 1. The zero-order valence-electron chi connectivity index (χ0n) is 16.7. The molecule has 0 heterocycles. The number of rotatable bonds is 7. The van der Waals surface area contributed by atoms with Crippen LogP contribution < -0.4 is 20.1 Å². The van der Waals surface area contributed by atoms with Gasteiger partial charge in [-0.25, -0.2) is 0 Å². The van der Waals surface area contributed by atoms with Gasteiger partial charge in [-0.2, -0.15) is 0 Å². The summed E-state index contributed by atoms with van der Waals surface area (Å²) in [5, 5.41) is 8.49. The summed E-state index contributed by atoms with van der Waals surface area (Å²) in [6.45, 7) is 3.85. The van der Waals surface area contributed by atoms with Crippen LogP contribution in [-0.2, 0) is 4.79 Å². The maximum atomic E-state index is 12.8. The highest BCUT2D eigenvalue weighted by Crippen LogP contribution is 2.29. The SMILES string of the molecule is COc1ccc(OC)c(C(C)NC(C)C(=O)Nc2cccc3ccccc23)c1. The Bertz CT molecular complexity index is 966.